The van der Waals surface area contributed by atoms with Gasteiger partial charge < -0.3 is 14.8 Å². The van der Waals surface area contributed by atoms with Crippen LogP contribution in [-0.4, -0.2) is 26.9 Å². The summed E-state index contributed by atoms with van der Waals surface area (Å²) in [5.41, 5.74) is 1.08. The molecule has 0 spiro atoms. The molecular formula is C16H24FNO2. The number of benzene rings is 1. The van der Waals surface area contributed by atoms with E-state index in [9.17, 15) is 4.39 Å². The fourth-order valence-corrected chi connectivity index (χ4v) is 2.75. The van der Waals surface area contributed by atoms with Gasteiger partial charge in [0.2, 0.25) is 0 Å². The highest BCUT2D eigenvalue weighted by atomic mass is 19.1. The van der Waals surface area contributed by atoms with Crippen LogP contribution in [0.15, 0.2) is 18.2 Å². The monoisotopic (exact) mass is 281 g/mol. The molecule has 2 unspecified atom stereocenters. The maximum atomic E-state index is 13.6. The highest BCUT2D eigenvalue weighted by molar-refractivity contribution is 5.32. The lowest BCUT2D eigenvalue weighted by Gasteiger charge is -2.31. The van der Waals surface area contributed by atoms with Crippen molar-refractivity contribution >= 4 is 0 Å². The van der Waals surface area contributed by atoms with Crippen molar-refractivity contribution in [1.82, 2.24) is 5.32 Å². The Morgan fingerprint density at radius 1 is 1.50 bits per heavy atom. The maximum absolute atomic E-state index is 13.6. The van der Waals surface area contributed by atoms with Crippen molar-refractivity contribution in [3.8, 4) is 5.75 Å². The number of halogens is 1. The molecular weight excluding hydrogens is 257 g/mol. The first-order chi connectivity index (χ1) is 9.76. The van der Waals surface area contributed by atoms with Gasteiger partial charge in [-0.3, -0.25) is 0 Å². The van der Waals surface area contributed by atoms with Gasteiger partial charge in [0.1, 0.15) is 0 Å². The lowest BCUT2D eigenvalue weighted by molar-refractivity contribution is 0.0390. The predicted molar refractivity (Wildman–Crippen MR) is 77.5 cm³/mol. The maximum Gasteiger partial charge on any atom is 0.165 e. The molecule has 1 aliphatic rings. The Balaban J connectivity index is 2.20. The minimum absolute atomic E-state index is 0.199. The largest absolute Gasteiger partial charge is 0.494 e. The summed E-state index contributed by atoms with van der Waals surface area (Å²) in [6, 6.07) is 5.33. The molecule has 2 atom stereocenters. The minimum atomic E-state index is -0.314. The molecule has 112 valence electrons. The van der Waals surface area contributed by atoms with E-state index in [1.807, 2.05) is 6.07 Å². The van der Waals surface area contributed by atoms with Gasteiger partial charge in [-0.05, 0) is 43.5 Å². The first-order valence-electron chi connectivity index (χ1n) is 7.40. The molecule has 3 nitrogen and oxygen atoms in total. The zero-order valence-electron chi connectivity index (χ0n) is 12.3. The second kappa shape index (κ2) is 7.60. The Morgan fingerprint density at radius 3 is 3.00 bits per heavy atom. The van der Waals surface area contributed by atoms with Crippen molar-refractivity contribution in [2.75, 3.05) is 26.9 Å². The molecule has 20 heavy (non-hydrogen) atoms. The van der Waals surface area contributed by atoms with Gasteiger partial charge in [-0.1, -0.05) is 13.0 Å². The molecule has 4 heteroatoms. The van der Waals surface area contributed by atoms with E-state index in [-0.39, 0.29) is 11.9 Å². The number of methoxy groups -OCH3 is 1. The quantitative estimate of drug-likeness (QED) is 0.868. The zero-order chi connectivity index (χ0) is 14.4. The molecule has 0 aromatic heterocycles. The van der Waals surface area contributed by atoms with E-state index in [1.54, 1.807) is 6.07 Å². The fourth-order valence-electron chi connectivity index (χ4n) is 2.75. The Bertz CT molecular complexity index is 419. The van der Waals surface area contributed by atoms with Gasteiger partial charge in [0.25, 0.3) is 0 Å². The SMILES string of the molecule is CCCNC(c1ccc(F)c(OC)c1)C1CCCOC1. The van der Waals surface area contributed by atoms with Gasteiger partial charge >= 0.3 is 0 Å². The van der Waals surface area contributed by atoms with Crippen LogP contribution in [0, 0.1) is 11.7 Å². The smallest absolute Gasteiger partial charge is 0.165 e. The third-order valence-corrected chi connectivity index (χ3v) is 3.82. The molecule has 1 aromatic rings. The summed E-state index contributed by atoms with van der Waals surface area (Å²) in [4.78, 5) is 0. The molecule has 0 radical (unpaired) electrons. The van der Waals surface area contributed by atoms with Crippen molar-refractivity contribution in [1.29, 1.82) is 0 Å². The Morgan fingerprint density at radius 2 is 2.35 bits per heavy atom. The van der Waals surface area contributed by atoms with Crippen LogP contribution in [0.1, 0.15) is 37.8 Å². The van der Waals surface area contributed by atoms with Crippen molar-refractivity contribution < 1.29 is 13.9 Å². The third kappa shape index (κ3) is 3.70. The van der Waals surface area contributed by atoms with E-state index in [0.29, 0.717) is 11.7 Å². The van der Waals surface area contributed by atoms with Gasteiger partial charge in [-0.25, -0.2) is 4.39 Å². The average Bonchev–Trinajstić information content (AvgIpc) is 2.50. The van der Waals surface area contributed by atoms with E-state index in [1.165, 1.54) is 13.2 Å². The Labute approximate surface area is 120 Å². The number of ether oxygens (including phenoxy) is 2. The summed E-state index contributed by atoms with van der Waals surface area (Å²) in [5, 5.41) is 3.57. The molecule has 0 bridgehead atoms. The zero-order valence-corrected chi connectivity index (χ0v) is 12.3. The van der Waals surface area contributed by atoms with Crippen LogP contribution in [-0.2, 0) is 4.74 Å². The van der Waals surface area contributed by atoms with Crippen LogP contribution >= 0.6 is 0 Å². The number of hydrogen-bond donors (Lipinski definition) is 1. The average molecular weight is 281 g/mol. The van der Waals surface area contributed by atoms with Crippen LogP contribution in [0.3, 0.4) is 0 Å². The van der Waals surface area contributed by atoms with E-state index < -0.39 is 0 Å². The second-order valence-corrected chi connectivity index (χ2v) is 5.30. The van der Waals surface area contributed by atoms with Crippen molar-refractivity contribution in [3.63, 3.8) is 0 Å². The van der Waals surface area contributed by atoms with Crippen LogP contribution < -0.4 is 10.1 Å². The molecule has 1 N–H and O–H groups in total. The summed E-state index contributed by atoms with van der Waals surface area (Å²) in [6.45, 7) is 4.71. The van der Waals surface area contributed by atoms with Crippen molar-refractivity contribution in [3.05, 3.63) is 29.6 Å². The van der Waals surface area contributed by atoms with Crippen molar-refractivity contribution in [2.45, 2.75) is 32.2 Å². The molecule has 0 saturated carbocycles. The summed E-state index contributed by atoms with van der Waals surface area (Å²) >= 11 is 0. The summed E-state index contributed by atoms with van der Waals surface area (Å²) in [7, 11) is 1.50. The van der Waals surface area contributed by atoms with Gasteiger partial charge in [0, 0.05) is 18.6 Å². The molecule has 1 aromatic carbocycles. The van der Waals surface area contributed by atoms with Gasteiger partial charge in [0.05, 0.1) is 13.7 Å². The molecule has 1 aliphatic heterocycles. The molecule has 0 aliphatic carbocycles. The van der Waals surface area contributed by atoms with E-state index in [4.69, 9.17) is 9.47 Å². The third-order valence-electron chi connectivity index (χ3n) is 3.82. The minimum Gasteiger partial charge on any atom is -0.494 e. The fraction of sp³-hybridized carbons (Fsp3) is 0.625. The molecule has 0 amide bonds. The van der Waals surface area contributed by atoms with E-state index in [0.717, 1.165) is 44.6 Å². The van der Waals surface area contributed by atoms with Gasteiger partial charge in [-0.15, -0.1) is 0 Å². The van der Waals surface area contributed by atoms with Crippen LogP contribution in [0.5, 0.6) is 5.75 Å². The Hall–Kier alpha value is -1.13. The molecule has 1 heterocycles. The molecule has 1 fully saturated rings. The summed E-state index contributed by atoms with van der Waals surface area (Å²) < 4.78 is 24.3. The standard InChI is InChI=1S/C16H24FNO2/c1-3-8-18-16(13-5-4-9-20-11-13)12-6-7-14(17)15(10-12)19-2/h6-7,10,13,16,18H,3-5,8-9,11H2,1-2H3. The van der Waals surface area contributed by atoms with E-state index >= 15 is 0 Å². The number of nitrogens with one attached hydrogen (secondary N) is 1. The normalized spacial score (nSPS) is 20.6. The predicted octanol–water partition coefficient (Wildman–Crippen LogP) is 3.30. The van der Waals surface area contributed by atoms with E-state index in [2.05, 4.69) is 12.2 Å². The van der Waals surface area contributed by atoms with Gasteiger partial charge in [-0.2, -0.15) is 0 Å². The summed E-state index contributed by atoms with van der Waals surface area (Å²) in [6.07, 6.45) is 3.30. The topological polar surface area (TPSA) is 30.5 Å². The Kier molecular flexibility index (Phi) is 5.80. The van der Waals surface area contributed by atoms with Crippen LogP contribution in [0.2, 0.25) is 0 Å². The first-order valence-corrected chi connectivity index (χ1v) is 7.40. The van der Waals surface area contributed by atoms with Crippen LogP contribution in [0.4, 0.5) is 4.39 Å². The molecule has 1 saturated heterocycles. The highest BCUT2D eigenvalue weighted by Gasteiger charge is 2.25. The first kappa shape index (κ1) is 15.3. The highest BCUT2D eigenvalue weighted by Crippen LogP contribution is 2.31. The van der Waals surface area contributed by atoms with Gasteiger partial charge in [0.15, 0.2) is 11.6 Å². The molecule has 2 rings (SSSR count). The van der Waals surface area contributed by atoms with Crippen molar-refractivity contribution in [2.24, 2.45) is 5.92 Å². The van der Waals surface area contributed by atoms with Crippen LogP contribution in [0.25, 0.3) is 0 Å². The lowest BCUT2D eigenvalue weighted by atomic mass is 9.88. The number of rotatable bonds is 6. The number of hydrogen-bond acceptors (Lipinski definition) is 3. The second-order valence-electron chi connectivity index (χ2n) is 5.30. The summed E-state index contributed by atoms with van der Waals surface area (Å²) in [5.74, 6) is 0.429. The lowest BCUT2D eigenvalue weighted by Crippen LogP contribution is -2.33.